The fraction of sp³-hybridized carbons (Fsp3) is 0.350. The van der Waals surface area contributed by atoms with Crippen LogP contribution in [-0.2, 0) is 5.60 Å². The Morgan fingerprint density at radius 2 is 1.50 bits per heavy atom. The average molecular weight is 293 g/mol. The molecule has 22 heavy (non-hydrogen) atoms. The molecule has 0 bridgehead atoms. The summed E-state index contributed by atoms with van der Waals surface area (Å²) in [6, 6.07) is 20.3. The molecule has 1 heterocycles. The molecule has 1 N–H and O–H groups in total. The molecule has 1 aliphatic heterocycles. The summed E-state index contributed by atoms with van der Waals surface area (Å²) in [4.78, 5) is 4.84. The molecule has 0 spiro atoms. The predicted octanol–water partition coefficient (Wildman–Crippen LogP) is 4.16. The van der Waals surface area contributed by atoms with E-state index in [-0.39, 0.29) is 12.0 Å². The van der Waals surface area contributed by atoms with Crippen molar-refractivity contribution in [2.24, 2.45) is 10.9 Å². The van der Waals surface area contributed by atoms with Gasteiger partial charge in [0.05, 0.1) is 6.04 Å². The van der Waals surface area contributed by atoms with Crippen molar-refractivity contribution in [2.45, 2.75) is 38.3 Å². The molecule has 0 aliphatic carbocycles. The summed E-state index contributed by atoms with van der Waals surface area (Å²) < 4.78 is 0. The van der Waals surface area contributed by atoms with E-state index in [1.807, 2.05) is 55.5 Å². The van der Waals surface area contributed by atoms with E-state index in [2.05, 4.69) is 26.0 Å². The second kappa shape index (κ2) is 5.69. The largest absolute Gasteiger partial charge is 0.378 e. The molecule has 0 amide bonds. The Balaban J connectivity index is 2.16. The summed E-state index contributed by atoms with van der Waals surface area (Å²) in [5, 5.41) is 11.6. The Morgan fingerprint density at radius 3 is 2.05 bits per heavy atom. The van der Waals surface area contributed by atoms with Crippen molar-refractivity contribution < 1.29 is 5.11 Å². The molecular weight excluding hydrogens is 270 g/mol. The molecule has 0 radical (unpaired) electrons. The molecule has 0 fully saturated rings. The number of rotatable bonds is 3. The Bertz CT molecular complexity index is 663. The van der Waals surface area contributed by atoms with Crippen molar-refractivity contribution in [3.63, 3.8) is 0 Å². The molecule has 3 rings (SSSR count). The summed E-state index contributed by atoms with van der Waals surface area (Å²) in [5.41, 5.74) is 1.85. The number of aliphatic imine (C=N–C) groups is 1. The fourth-order valence-corrected chi connectivity index (χ4v) is 3.58. The molecule has 1 aliphatic rings. The number of hydrogen-bond donors (Lipinski definition) is 1. The zero-order valence-electron chi connectivity index (χ0n) is 13.4. The van der Waals surface area contributed by atoms with Crippen molar-refractivity contribution in [2.75, 3.05) is 0 Å². The van der Waals surface area contributed by atoms with Crippen LogP contribution in [0.15, 0.2) is 65.7 Å². The first-order valence-corrected chi connectivity index (χ1v) is 7.93. The molecular formula is C20H23NO. The van der Waals surface area contributed by atoms with Crippen LogP contribution in [0.4, 0.5) is 0 Å². The number of aliphatic hydroxyl groups is 1. The predicted molar refractivity (Wildman–Crippen MR) is 91.3 cm³/mol. The van der Waals surface area contributed by atoms with Gasteiger partial charge in [0.2, 0.25) is 0 Å². The monoisotopic (exact) mass is 293 g/mol. The highest BCUT2D eigenvalue weighted by Gasteiger charge is 2.51. The van der Waals surface area contributed by atoms with Gasteiger partial charge in [-0.25, -0.2) is 0 Å². The van der Waals surface area contributed by atoms with E-state index in [0.29, 0.717) is 5.92 Å². The Kier molecular flexibility index (Phi) is 3.88. The van der Waals surface area contributed by atoms with Crippen LogP contribution in [0.1, 0.15) is 37.8 Å². The zero-order chi connectivity index (χ0) is 15.7. The summed E-state index contributed by atoms with van der Waals surface area (Å²) in [6.45, 7) is 6.30. The summed E-state index contributed by atoms with van der Waals surface area (Å²) in [6.07, 6.45) is 0. The van der Waals surface area contributed by atoms with Gasteiger partial charge in [-0.3, -0.25) is 4.99 Å². The van der Waals surface area contributed by atoms with Crippen LogP contribution in [0.25, 0.3) is 0 Å². The van der Waals surface area contributed by atoms with Crippen molar-refractivity contribution in [3.05, 3.63) is 71.8 Å². The van der Waals surface area contributed by atoms with Gasteiger partial charge < -0.3 is 5.11 Å². The zero-order valence-corrected chi connectivity index (χ0v) is 13.4. The lowest BCUT2D eigenvalue weighted by molar-refractivity contribution is 0.0761. The lowest BCUT2D eigenvalue weighted by Crippen LogP contribution is -2.40. The lowest BCUT2D eigenvalue weighted by Gasteiger charge is -2.35. The Morgan fingerprint density at radius 1 is 0.955 bits per heavy atom. The SMILES string of the molecule is CC1=NC(C(C)C)C(c2ccccc2)C1(O)c1ccccc1. The third kappa shape index (κ3) is 2.28. The first-order chi connectivity index (χ1) is 10.5. The topological polar surface area (TPSA) is 32.6 Å². The molecule has 3 unspecified atom stereocenters. The molecule has 3 atom stereocenters. The van der Waals surface area contributed by atoms with E-state index < -0.39 is 5.60 Å². The minimum atomic E-state index is -1.03. The van der Waals surface area contributed by atoms with Gasteiger partial charge in [0, 0.05) is 11.6 Å². The fourth-order valence-electron chi connectivity index (χ4n) is 3.58. The van der Waals surface area contributed by atoms with Crippen molar-refractivity contribution in [1.82, 2.24) is 0 Å². The number of benzene rings is 2. The third-order valence-corrected chi connectivity index (χ3v) is 4.74. The van der Waals surface area contributed by atoms with Crippen molar-refractivity contribution in [3.8, 4) is 0 Å². The van der Waals surface area contributed by atoms with Gasteiger partial charge in [0.25, 0.3) is 0 Å². The highest BCUT2D eigenvalue weighted by Crippen LogP contribution is 2.48. The Hall–Kier alpha value is -1.93. The summed E-state index contributed by atoms with van der Waals surface area (Å²) in [7, 11) is 0. The molecule has 2 heteroatoms. The third-order valence-electron chi connectivity index (χ3n) is 4.74. The quantitative estimate of drug-likeness (QED) is 0.905. The van der Waals surface area contributed by atoms with Crippen LogP contribution >= 0.6 is 0 Å². The highest BCUT2D eigenvalue weighted by molar-refractivity contribution is 5.94. The molecule has 0 aromatic heterocycles. The van der Waals surface area contributed by atoms with Gasteiger partial charge in [0.1, 0.15) is 5.60 Å². The number of nitrogens with zero attached hydrogens (tertiary/aromatic N) is 1. The van der Waals surface area contributed by atoms with Gasteiger partial charge in [-0.2, -0.15) is 0 Å². The molecule has 2 aromatic carbocycles. The van der Waals surface area contributed by atoms with E-state index >= 15 is 0 Å². The molecule has 2 aromatic rings. The van der Waals surface area contributed by atoms with E-state index in [0.717, 1.165) is 16.8 Å². The van der Waals surface area contributed by atoms with E-state index in [1.165, 1.54) is 0 Å². The highest BCUT2D eigenvalue weighted by atomic mass is 16.3. The smallest absolute Gasteiger partial charge is 0.136 e. The second-order valence-electron chi connectivity index (χ2n) is 6.47. The molecule has 0 saturated carbocycles. The summed E-state index contributed by atoms with van der Waals surface area (Å²) >= 11 is 0. The van der Waals surface area contributed by atoms with Crippen LogP contribution in [0.5, 0.6) is 0 Å². The van der Waals surface area contributed by atoms with E-state index in [9.17, 15) is 5.11 Å². The summed E-state index contributed by atoms with van der Waals surface area (Å²) in [5.74, 6) is 0.328. The van der Waals surface area contributed by atoms with Crippen molar-refractivity contribution in [1.29, 1.82) is 0 Å². The van der Waals surface area contributed by atoms with Crippen LogP contribution in [0.2, 0.25) is 0 Å². The standard InChI is InChI=1S/C20H23NO/c1-14(2)19-18(16-10-6-4-7-11-16)20(22,15(3)21-19)17-12-8-5-9-13-17/h4-14,18-19,22H,1-3H3. The average Bonchev–Trinajstić information content (AvgIpc) is 2.82. The van der Waals surface area contributed by atoms with Crippen LogP contribution in [-0.4, -0.2) is 16.9 Å². The molecule has 2 nitrogen and oxygen atoms in total. The van der Waals surface area contributed by atoms with Gasteiger partial charge >= 0.3 is 0 Å². The Labute approximate surface area is 132 Å². The van der Waals surface area contributed by atoms with Crippen LogP contribution in [0, 0.1) is 5.92 Å². The minimum absolute atomic E-state index is 0.0453. The van der Waals surface area contributed by atoms with Gasteiger partial charge in [-0.15, -0.1) is 0 Å². The maximum absolute atomic E-state index is 11.6. The van der Waals surface area contributed by atoms with Crippen molar-refractivity contribution >= 4 is 5.71 Å². The second-order valence-corrected chi connectivity index (χ2v) is 6.47. The first-order valence-electron chi connectivity index (χ1n) is 7.93. The van der Waals surface area contributed by atoms with E-state index in [4.69, 9.17) is 4.99 Å². The van der Waals surface area contributed by atoms with Gasteiger partial charge in [-0.05, 0) is 24.0 Å². The van der Waals surface area contributed by atoms with E-state index in [1.54, 1.807) is 0 Å². The lowest BCUT2D eigenvalue weighted by atomic mass is 9.72. The normalized spacial score (nSPS) is 28.0. The maximum Gasteiger partial charge on any atom is 0.136 e. The first kappa shape index (κ1) is 15.0. The number of hydrogen-bond acceptors (Lipinski definition) is 2. The van der Waals surface area contributed by atoms with Crippen LogP contribution in [0.3, 0.4) is 0 Å². The molecule has 0 saturated heterocycles. The maximum atomic E-state index is 11.6. The van der Waals surface area contributed by atoms with Gasteiger partial charge in [0.15, 0.2) is 0 Å². The van der Waals surface area contributed by atoms with Gasteiger partial charge in [-0.1, -0.05) is 74.5 Å². The van der Waals surface area contributed by atoms with Crippen LogP contribution < -0.4 is 0 Å². The molecule has 114 valence electrons. The minimum Gasteiger partial charge on any atom is -0.378 e.